The molecule has 0 saturated heterocycles. The Balaban J connectivity index is 2.51. The Hall–Kier alpha value is -1.72. The predicted octanol–water partition coefficient (Wildman–Crippen LogP) is 2.08. The lowest BCUT2D eigenvalue weighted by Gasteiger charge is -2.22. The first-order chi connectivity index (χ1) is 9.67. The average molecular weight is 289 g/mol. The van der Waals surface area contributed by atoms with E-state index in [0.717, 1.165) is 35.4 Å². The number of para-hydroxylation sites is 1. The van der Waals surface area contributed by atoms with Crippen LogP contribution in [0.5, 0.6) is 0 Å². The lowest BCUT2D eigenvalue weighted by atomic mass is 10.1. The number of aromatic nitrogens is 1. The van der Waals surface area contributed by atoms with E-state index in [9.17, 15) is 0 Å². The topological polar surface area (TPSA) is 62.4 Å². The summed E-state index contributed by atoms with van der Waals surface area (Å²) in [5, 5.41) is 9.96. The number of nitrogens with two attached hydrogens (primary N) is 1. The Kier molecular flexibility index (Phi) is 4.87. The van der Waals surface area contributed by atoms with E-state index in [2.05, 4.69) is 16.8 Å². The monoisotopic (exact) mass is 289 g/mol. The van der Waals surface area contributed by atoms with Crippen LogP contribution >= 0.6 is 12.2 Å². The molecule has 1 aromatic heterocycles. The van der Waals surface area contributed by atoms with Crippen LogP contribution in [-0.4, -0.2) is 34.8 Å². The third kappa shape index (κ3) is 3.05. The molecular weight excluding hydrogens is 270 g/mol. The van der Waals surface area contributed by atoms with Gasteiger partial charge in [0.05, 0.1) is 5.52 Å². The van der Waals surface area contributed by atoms with Gasteiger partial charge < -0.3 is 15.7 Å². The second kappa shape index (κ2) is 6.63. The van der Waals surface area contributed by atoms with Crippen LogP contribution < -0.4 is 10.6 Å². The molecular formula is C15H19N3OS. The Morgan fingerprint density at radius 3 is 2.80 bits per heavy atom. The first-order valence-electron chi connectivity index (χ1n) is 6.72. The van der Waals surface area contributed by atoms with Gasteiger partial charge in [-0.15, -0.1) is 0 Å². The molecule has 2 aromatic rings. The summed E-state index contributed by atoms with van der Waals surface area (Å²) in [7, 11) is 0. The third-order valence-electron chi connectivity index (χ3n) is 3.26. The summed E-state index contributed by atoms with van der Waals surface area (Å²) >= 11 is 5.15. The van der Waals surface area contributed by atoms with E-state index >= 15 is 0 Å². The smallest absolute Gasteiger partial charge is 0.129 e. The van der Waals surface area contributed by atoms with Crippen molar-refractivity contribution in [1.29, 1.82) is 0 Å². The van der Waals surface area contributed by atoms with Crippen molar-refractivity contribution in [2.24, 2.45) is 5.73 Å². The molecule has 0 unspecified atom stereocenters. The number of hydrogen-bond donors (Lipinski definition) is 2. The summed E-state index contributed by atoms with van der Waals surface area (Å²) < 4.78 is 0. The zero-order valence-electron chi connectivity index (χ0n) is 11.5. The lowest BCUT2D eigenvalue weighted by molar-refractivity contribution is 0.289. The summed E-state index contributed by atoms with van der Waals surface area (Å²) in [6, 6.07) is 9.78. The maximum atomic E-state index is 8.98. The molecule has 0 spiro atoms. The second-order valence-corrected chi connectivity index (χ2v) is 5.01. The summed E-state index contributed by atoms with van der Waals surface area (Å²) in [4.78, 5) is 7.16. The molecule has 5 heteroatoms. The molecule has 0 aliphatic rings. The molecule has 1 heterocycles. The largest absolute Gasteiger partial charge is 0.396 e. The molecule has 0 aliphatic carbocycles. The molecule has 1 aromatic carbocycles. The van der Waals surface area contributed by atoms with Crippen LogP contribution in [0, 0.1) is 0 Å². The quantitative estimate of drug-likeness (QED) is 0.797. The van der Waals surface area contributed by atoms with Gasteiger partial charge in [0.25, 0.3) is 0 Å². The van der Waals surface area contributed by atoms with Crippen LogP contribution in [-0.2, 0) is 0 Å². The highest BCUT2D eigenvalue weighted by Crippen LogP contribution is 2.23. The lowest BCUT2D eigenvalue weighted by Crippen LogP contribution is -2.26. The number of hydrogen-bond acceptors (Lipinski definition) is 4. The van der Waals surface area contributed by atoms with Gasteiger partial charge in [-0.1, -0.05) is 30.4 Å². The normalized spacial score (nSPS) is 10.7. The van der Waals surface area contributed by atoms with Gasteiger partial charge >= 0.3 is 0 Å². The Morgan fingerprint density at radius 1 is 1.40 bits per heavy atom. The molecule has 3 N–H and O–H groups in total. The minimum absolute atomic E-state index is 0.173. The standard InChI is InChI=1S/C15H19N3OS/c1-2-18(8-5-9-19)14-10-12(15(16)20)11-6-3-4-7-13(11)17-14/h3-4,6-7,10,19H,2,5,8-9H2,1H3,(H2,16,20). The van der Waals surface area contributed by atoms with E-state index in [1.54, 1.807) is 0 Å². The molecule has 0 fully saturated rings. The molecule has 4 nitrogen and oxygen atoms in total. The molecule has 0 saturated carbocycles. The molecule has 0 atom stereocenters. The summed E-state index contributed by atoms with van der Waals surface area (Å²) in [5.41, 5.74) is 7.57. The van der Waals surface area contributed by atoms with E-state index < -0.39 is 0 Å². The summed E-state index contributed by atoms with van der Waals surface area (Å²) in [5.74, 6) is 0.849. The van der Waals surface area contributed by atoms with Gasteiger partial charge in [-0.25, -0.2) is 4.98 Å². The predicted molar refractivity (Wildman–Crippen MR) is 87.2 cm³/mol. The van der Waals surface area contributed by atoms with Crippen molar-refractivity contribution in [2.75, 3.05) is 24.6 Å². The molecule has 20 heavy (non-hydrogen) atoms. The van der Waals surface area contributed by atoms with Crippen molar-refractivity contribution in [3.05, 3.63) is 35.9 Å². The van der Waals surface area contributed by atoms with Crippen molar-refractivity contribution in [1.82, 2.24) is 4.98 Å². The van der Waals surface area contributed by atoms with Crippen molar-refractivity contribution in [3.63, 3.8) is 0 Å². The molecule has 0 bridgehead atoms. The van der Waals surface area contributed by atoms with Gasteiger partial charge in [0, 0.05) is 30.6 Å². The number of pyridine rings is 1. The van der Waals surface area contributed by atoms with Gasteiger partial charge in [0.1, 0.15) is 10.8 Å². The number of fused-ring (bicyclic) bond motifs is 1. The molecule has 0 radical (unpaired) electrons. The number of anilines is 1. The van der Waals surface area contributed by atoms with Gasteiger partial charge in [-0.2, -0.15) is 0 Å². The van der Waals surface area contributed by atoms with Crippen molar-refractivity contribution in [3.8, 4) is 0 Å². The minimum Gasteiger partial charge on any atom is -0.396 e. The number of aliphatic hydroxyl groups is 1. The fourth-order valence-corrected chi connectivity index (χ4v) is 2.39. The molecule has 106 valence electrons. The zero-order chi connectivity index (χ0) is 14.5. The number of benzene rings is 1. The number of nitrogens with zero attached hydrogens (tertiary/aromatic N) is 2. The average Bonchev–Trinajstić information content (AvgIpc) is 2.47. The van der Waals surface area contributed by atoms with Crippen LogP contribution in [0.1, 0.15) is 18.9 Å². The summed E-state index contributed by atoms with van der Waals surface area (Å²) in [6.07, 6.45) is 0.713. The second-order valence-electron chi connectivity index (χ2n) is 4.57. The van der Waals surface area contributed by atoms with Crippen molar-refractivity contribution in [2.45, 2.75) is 13.3 Å². The fraction of sp³-hybridized carbons (Fsp3) is 0.333. The third-order valence-corrected chi connectivity index (χ3v) is 3.48. The van der Waals surface area contributed by atoms with E-state index in [4.69, 9.17) is 23.1 Å². The van der Waals surface area contributed by atoms with Crippen LogP contribution in [0.25, 0.3) is 10.9 Å². The number of thiocarbonyl (C=S) groups is 1. The highest BCUT2D eigenvalue weighted by molar-refractivity contribution is 7.80. The Bertz CT molecular complexity index is 615. The van der Waals surface area contributed by atoms with Gasteiger partial charge in [0.2, 0.25) is 0 Å². The molecule has 0 amide bonds. The first-order valence-corrected chi connectivity index (χ1v) is 7.13. The highest BCUT2D eigenvalue weighted by Gasteiger charge is 2.11. The molecule has 2 rings (SSSR count). The Morgan fingerprint density at radius 2 is 2.15 bits per heavy atom. The zero-order valence-corrected chi connectivity index (χ0v) is 12.4. The van der Waals surface area contributed by atoms with Crippen molar-refractivity contribution < 1.29 is 5.11 Å². The maximum Gasteiger partial charge on any atom is 0.129 e. The minimum atomic E-state index is 0.173. The Labute approximate surface area is 124 Å². The van der Waals surface area contributed by atoms with E-state index in [1.807, 2.05) is 30.3 Å². The van der Waals surface area contributed by atoms with E-state index in [-0.39, 0.29) is 6.61 Å². The summed E-state index contributed by atoms with van der Waals surface area (Å²) in [6.45, 7) is 3.82. The number of aliphatic hydroxyl groups excluding tert-OH is 1. The van der Waals surface area contributed by atoms with Gasteiger partial charge in [0.15, 0.2) is 0 Å². The van der Waals surface area contributed by atoms with Crippen molar-refractivity contribution >= 4 is 33.9 Å². The van der Waals surface area contributed by atoms with E-state index in [0.29, 0.717) is 11.4 Å². The van der Waals surface area contributed by atoms with E-state index in [1.165, 1.54) is 0 Å². The SMILES string of the molecule is CCN(CCCO)c1cc(C(N)=S)c2ccccc2n1. The maximum absolute atomic E-state index is 8.98. The molecule has 0 aliphatic heterocycles. The first kappa shape index (κ1) is 14.7. The number of rotatable bonds is 6. The van der Waals surface area contributed by atoms with Crippen LogP contribution in [0.15, 0.2) is 30.3 Å². The van der Waals surface area contributed by atoms with Crippen LogP contribution in [0.4, 0.5) is 5.82 Å². The van der Waals surface area contributed by atoms with Crippen LogP contribution in [0.2, 0.25) is 0 Å². The van der Waals surface area contributed by atoms with Gasteiger partial charge in [-0.3, -0.25) is 0 Å². The highest BCUT2D eigenvalue weighted by atomic mass is 32.1. The fourth-order valence-electron chi connectivity index (χ4n) is 2.22. The van der Waals surface area contributed by atoms with Crippen LogP contribution in [0.3, 0.4) is 0 Å². The van der Waals surface area contributed by atoms with Gasteiger partial charge in [-0.05, 0) is 25.5 Å².